The Morgan fingerprint density at radius 3 is 2.64 bits per heavy atom. The van der Waals surface area contributed by atoms with Crippen molar-refractivity contribution in [2.45, 2.75) is 26.3 Å². The van der Waals surface area contributed by atoms with Crippen LogP contribution in [0.5, 0.6) is 0 Å². The zero-order valence-electron chi connectivity index (χ0n) is 15.5. The minimum absolute atomic E-state index is 0.0505. The zero-order chi connectivity index (χ0) is 20.1. The molecule has 0 aliphatic carbocycles. The lowest BCUT2D eigenvalue weighted by Crippen LogP contribution is -2.26. The number of fused-ring (bicyclic) bond motifs is 1. The fourth-order valence-electron chi connectivity index (χ4n) is 2.57. The molecule has 0 saturated heterocycles. The first-order valence-electron chi connectivity index (χ1n) is 8.66. The highest BCUT2D eigenvalue weighted by atomic mass is 16.3. The predicted octanol–water partition coefficient (Wildman–Crippen LogP) is 3.32. The molecule has 0 atom stereocenters. The lowest BCUT2D eigenvalue weighted by Gasteiger charge is -2.08. The van der Waals surface area contributed by atoms with Gasteiger partial charge in [0.25, 0.3) is 5.91 Å². The van der Waals surface area contributed by atoms with Crippen LogP contribution in [0, 0.1) is 10.3 Å². The van der Waals surface area contributed by atoms with E-state index in [0.29, 0.717) is 11.6 Å². The summed E-state index contributed by atoms with van der Waals surface area (Å²) in [6.45, 7) is 3.59. The molecular weight excluding hydrogens is 358 g/mol. The van der Waals surface area contributed by atoms with E-state index in [1.54, 1.807) is 30.5 Å². The zero-order valence-corrected chi connectivity index (χ0v) is 15.5. The first-order chi connectivity index (χ1) is 13.5. The van der Waals surface area contributed by atoms with Gasteiger partial charge in [0.15, 0.2) is 5.84 Å². The maximum Gasteiger partial charge on any atom is 0.271 e. The van der Waals surface area contributed by atoms with E-state index in [9.17, 15) is 9.70 Å². The van der Waals surface area contributed by atoms with Crippen LogP contribution in [0.4, 0.5) is 5.82 Å². The largest absolute Gasteiger partial charge is 0.305 e. The van der Waals surface area contributed by atoms with Crippen molar-refractivity contribution in [2.75, 3.05) is 5.32 Å². The fraction of sp³-hybridized carbons (Fsp3) is 0.211. The van der Waals surface area contributed by atoms with Gasteiger partial charge in [-0.2, -0.15) is 4.98 Å². The lowest BCUT2D eigenvalue weighted by atomic mass is 10.2. The summed E-state index contributed by atoms with van der Waals surface area (Å²) in [6, 6.07) is 11.2. The van der Waals surface area contributed by atoms with Crippen molar-refractivity contribution in [3.8, 4) is 11.3 Å². The van der Waals surface area contributed by atoms with Crippen LogP contribution in [0.2, 0.25) is 0 Å². The van der Waals surface area contributed by atoms with Gasteiger partial charge in [0.2, 0.25) is 5.78 Å². The van der Waals surface area contributed by atoms with Crippen molar-refractivity contribution in [3.63, 3.8) is 0 Å². The van der Waals surface area contributed by atoms with Crippen LogP contribution >= 0.6 is 0 Å². The quantitative estimate of drug-likeness (QED) is 0.388. The molecule has 3 aromatic rings. The van der Waals surface area contributed by atoms with Crippen LogP contribution in [0.3, 0.4) is 0 Å². The first kappa shape index (κ1) is 19.0. The van der Waals surface area contributed by atoms with Crippen LogP contribution in [-0.2, 0) is 4.79 Å². The highest BCUT2D eigenvalue weighted by Gasteiger charge is 2.16. The van der Waals surface area contributed by atoms with Crippen molar-refractivity contribution >= 4 is 29.1 Å². The number of nitrogens with one attached hydrogen (secondary N) is 2. The maximum atomic E-state index is 12.5. The number of aromatic nitrogens is 3. The molecule has 0 bridgehead atoms. The number of carbonyl (C=O) groups excluding carboxylic acids is 1. The van der Waals surface area contributed by atoms with Gasteiger partial charge >= 0.3 is 0 Å². The number of amidine groups is 1. The van der Waals surface area contributed by atoms with Crippen LogP contribution in [-0.4, -0.2) is 37.9 Å². The molecule has 9 nitrogen and oxygen atoms in total. The van der Waals surface area contributed by atoms with Gasteiger partial charge in [0.05, 0.1) is 12.1 Å². The molecule has 2 N–H and O–H groups in total. The molecule has 0 aliphatic rings. The van der Waals surface area contributed by atoms with Crippen molar-refractivity contribution in [1.29, 1.82) is 5.41 Å². The standard InChI is InChI=1S/C19H19N7O2/c1-12(2)21-14(10-16(20)25-28)18(27)23-17-8-9-26-11-15(22-19(26)24-17)13-6-4-3-5-7-13/h3-9,11-12,20H,10H2,1-2H3,(H,22,23,24,27). The Morgan fingerprint density at radius 1 is 1.21 bits per heavy atom. The second kappa shape index (κ2) is 8.30. The molecule has 1 aromatic carbocycles. The highest BCUT2D eigenvalue weighted by Crippen LogP contribution is 2.18. The monoisotopic (exact) mass is 377 g/mol. The van der Waals surface area contributed by atoms with E-state index in [0.717, 1.165) is 11.3 Å². The second-order valence-corrected chi connectivity index (χ2v) is 6.35. The van der Waals surface area contributed by atoms with Gasteiger partial charge < -0.3 is 5.32 Å². The number of carbonyl (C=O) groups is 1. The topological polar surface area (TPSA) is 125 Å². The Kier molecular flexibility index (Phi) is 5.64. The number of nitrogens with zero attached hydrogens (tertiary/aromatic N) is 5. The third-order valence-corrected chi connectivity index (χ3v) is 3.76. The number of amides is 1. The molecule has 9 heteroatoms. The summed E-state index contributed by atoms with van der Waals surface area (Å²) in [4.78, 5) is 36.0. The maximum absolute atomic E-state index is 12.5. The van der Waals surface area contributed by atoms with E-state index in [1.807, 2.05) is 36.5 Å². The van der Waals surface area contributed by atoms with Gasteiger partial charge in [-0.05, 0) is 25.1 Å². The van der Waals surface area contributed by atoms with Crippen molar-refractivity contribution in [3.05, 3.63) is 53.7 Å². The summed E-state index contributed by atoms with van der Waals surface area (Å²) in [5.41, 5.74) is 1.78. The number of hydrogen-bond acceptors (Lipinski definition) is 6. The molecule has 28 heavy (non-hydrogen) atoms. The van der Waals surface area contributed by atoms with Gasteiger partial charge in [0, 0.05) is 24.0 Å². The Bertz CT molecular complexity index is 1050. The Hall–Kier alpha value is -3.75. The summed E-state index contributed by atoms with van der Waals surface area (Å²) in [5.74, 6) is -0.265. The van der Waals surface area contributed by atoms with Crippen LogP contribution < -0.4 is 5.32 Å². The Morgan fingerprint density at radius 2 is 1.96 bits per heavy atom. The smallest absolute Gasteiger partial charge is 0.271 e. The van der Waals surface area contributed by atoms with Crippen LogP contribution in [0.25, 0.3) is 17.0 Å². The third kappa shape index (κ3) is 4.50. The number of nitroso groups, excluding NO2 is 1. The van der Waals surface area contributed by atoms with E-state index in [4.69, 9.17) is 5.41 Å². The van der Waals surface area contributed by atoms with Crippen molar-refractivity contribution < 1.29 is 4.79 Å². The molecule has 3 rings (SSSR count). The second-order valence-electron chi connectivity index (χ2n) is 6.35. The van der Waals surface area contributed by atoms with Crippen LogP contribution in [0.15, 0.2) is 59.0 Å². The molecular formula is C19H19N7O2. The summed E-state index contributed by atoms with van der Waals surface area (Å²) in [5, 5.41) is 12.6. The average molecular weight is 377 g/mol. The molecule has 142 valence electrons. The molecule has 2 heterocycles. The molecule has 0 aliphatic heterocycles. The van der Waals surface area contributed by atoms with Crippen LogP contribution in [0.1, 0.15) is 20.3 Å². The van der Waals surface area contributed by atoms with E-state index in [2.05, 4.69) is 25.5 Å². The Balaban J connectivity index is 1.84. The lowest BCUT2D eigenvalue weighted by molar-refractivity contribution is -0.110. The molecule has 1 amide bonds. The van der Waals surface area contributed by atoms with Gasteiger partial charge in [-0.15, -0.1) is 4.91 Å². The summed E-state index contributed by atoms with van der Waals surface area (Å²) in [7, 11) is 0. The van der Waals surface area contributed by atoms with Gasteiger partial charge in [-0.3, -0.25) is 19.6 Å². The van der Waals surface area contributed by atoms with Gasteiger partial charge in [-0.25, -0.2) is 4.98 Å². The molecule has 0 fully saturated rings. The number of benzene rings is 1. The Labute approximate surface area is 161 Å². The minimum atomic E-state index is -0.534. The van der Waals surface area contributed by atoms with E-state index < -0.39 is 11.7 Å². The van der Waals surface area contributed by atoms with E-state index in [-0.39, 0.29) is 18.2 Å². The normalized spacial score (nSPS) is 11.6. The molecule has 2 aromatic heterocycles. The molecule has 0 spiro atoms. The third-order valence-electron chi connectivity index (χ3n) is 3.76. The van der Waals surface area contributed by atoms with Crippen molar-refractivity contribution in [1.82, 2.24) is 14.4 Å². The minimum Gasteiger partial charge on any atom is -0.305 e. The van der Waals surface area contributed by atoms with Crippen molar-refractivity contribution in [2.24, 2.45) is 10.2 Å². The SMILES string of the molecule is CC(C)N=C(CC(=N)N=O)C(=O)Nc1ccn2cc(-c3ccccc3)nc2n1. The fourth-order valence-corrected chi connectivity index (χ4v) is 2.57. The predicted molar refractivity (Wildman–Crippen MR) is 108 cm³/mol. The first-order valence-corrected chi connectivity index (χ1v) is 8.66. The van der Waals surface area contributed by atoms with E-state index >= 15 is 0 Å². The highest BCUT2D eigenvalue weighted by molar-refractivity contribution is 6.45. The molecule has 0 saturated carbocycles. The number of aliphatic imine (C=N–C) groups is 1. The van der Waals surface area contributed by atoms with Gasteiger partial charge in [-0.1, -0.05) is 30.3 Å². The van der Waals surface area contributed by atoms with Gasteiger partial charge in [0.1, 0.15) is 11.5 Å². The van der Waals surface area contributed by atoms with E-state index in [1.165, 1.54) is 0 Å². The number of rotatable bonds is 6. The number of imidazole rings is 1. The molecule has 0 unspecified atom stereocenters. The number of anilines is 1. The average Bonchev–Trinajstić information content (AvgIpc) is 3.11. The summed E-state index contributed by atoms with van der Waals surface area (Å²) in [6.07, 6.45) is 3.36. The number of hydrogen-bond donors (Lipinski definition) is 2. The molecule has 0 radical (unpaired) electrons. The summed E-state index contributed by atoms with van der Waals surface area (Å²) < 4.78 is 1.76. The summed E-state index contributed by atoms with van der Waals surface area (Å²) >= 11 is 0.